The molecule has 1 aliphatic heterocycles. The fraction of sp³-hybridized carbons (Fsp3) is 0.455. The maximum Gasteiger partial charge on any atom is 0.133 e. The number of aryl methyl sites for hydroxylation is 2. The van der Waals surface area contributed by atoms with Gasteiger partial charge >= 0.3 is 0 Å². The van der Waals surface area contributed by atoms with Crippen molar-refractivity contribution in [3.63, 3.8) is 0 Å². The van der Waals surface area contributed by atoms with Crippen LogP contribution in [0.25, 0.3) is 0 Å². The lowest BCUT2D eigenvalue weighted by Gasteiger charge is -2.26. The molecule has 3 nitrogen and oxygen atoms in total. The molecule has 4 rings (SSSR count). The Morgan fingerprint density at radius 3 is 2.85 bits per heavy atom. The minimum atomic E-state index is -0.489. The first-order valence-electron chi connectivity index (χ1n) is 9.65. The molecule has 0 fully saturated rings. The van der Waals surface area contributed by atoms with Gasteiger partial charge in [-0.05, 0) is 60.6 Å². The molecule has 2 aromatic carbocycles. The molecule has 1 heterocycles. The Kier molecular flexibility index (Phi) is 5.83. The summed E-state index contributed by atoms with van der Waals surface area (Å²) in [5.41, 5.74) is 4.29. The molecular formula is C22H27NO2S. The molecule has 0 saturated heterocycles. The second kappa shape index (κ2) is 8.47. The second-order valence-electron chi connectivity index (χ2n) is 7.28. The van der Waals surface area contributed by atoms with E-state index in [0.29, 0.717) is 19.2 Å². The van der Waals surface area contributed by atoms with Gasteiger partial charge in [-0.2, -0.15) is 0 Å². The predicted molar refractivity (Wildman–Crippen MR) is 107 cm³/mol. The molecule has 2 aliphatic rings. The molecular weight excluding hydrogens is 342 g/mol. The fourth-order valence-electron chi connectivity index (χ4n) is 3.89. The third-order valence-corrected chi connectivity index (χ3v) is 6.56. The molecule has 26 heavy (non-hydrogen) atoms. The van der Waals surface area contributed by atoms with Gasteiger partial charge in [0, 0.05) is 12.6 Å². The summed E-state index contributed by atoms with van der Waals surface area (Å²) in [6.07, 6.45) is 5.18. The highest BCUT2D eigenvalue weighted by Gasteiger charge is 2.19. The van der Waals surface area contributed by atoms with Gasteiger partial charge in [-0.1, -0.05) is 36.4 Å². The van der Waals surface area contributed by atoms with Gasteiger partial charge in [-0.15, -0.1) is 11.8 Å². The van der Waals surface area contributed by atoms with Crippen molar-refractivity contribution in [1.82, 2.24) is 5.32 Å². The number of nitrogens with one attached hydrogen (secondary N) is 1. The van der Waals surface area contributed by atoms with Crippen molar-refractivity contribution in [2.24, 2.45) is 0 Å². The van der Waals surface area contributed by atoms with Crippen LogP contribution in [0.1, 0.15) is 29.5 Å². The second-order valence-corrected chi connectivity index (χ2v) is 8.38. The van der Waals surface area contributed by atoms with E-state index in [1.807, 2.05) is 17.8 Å². The molecule has 2 atom stereocenters. The van der Waals surface area contributed by atoms with Gasteiger partial charge in [0.2, 0.25) is 0 Å². The number of fused-ring (bicyclic) bond motifs is 2. The Labute approximate surface area is 160 Å². The van der Waals surface area contributed by atoms with Crippen molar-refractivity contribution in [3.05, 3.63) is 59.2 Å². The highest BCUT2D eigenvalue weighted by Crippen LogP contribution is 2.37. The van der Waals surface area contributed by atoms with Crippen LogP contribution in [0.3, 0.4) is 0 Å². The van der Waals surface area contributed by atoms with E-state index in [9.17, 15) is 5.11 Å². The van der Waals surface area contributed by atoms with Crippen LogP contribution in [0.5, 0.6) is 5.75 Å². The Hall–Kier alpha value is -1.49. The van der Waals surface area contributed by atoms with Gasteiger partial charge in [0.15, 0.2) is 0 Å². The standard InChI is InChI=1S/C22H27NO2S/c24-20(14-23-19-11-10-16-5-1-2-6-18(16)13-19)15-25-21-9-3-7-17-8-4-12-26-22(17)21/h1-3,5-7,9,19-20,23-24H,4,8,10-15H2. The zero-order chi connectivity index (χ0) is 17.8. The van der Waals surface area contributed by atoms with Crippen LogP contribution >= 0.6 is 11.8 Å². The van der Waals surface area contributed by atoms with E-state index < -0.39 is 6.10 Å². The maximum absolute atomic E-state index is 10.3. The zero-order valence-electron chi connectivity index (χ0n) is 15.1. The van der Waals surface area contributed by atoms with Crippen LogP contribution < -0.4 is 10.1 Å². The largest absolute Gasteiger partial charge is 0.490 e. The van der Waals surface area contributed by atoms with Gasteiger partial charge in [0.25, 0.3) is 0 Å². The molecule has 2 aromatic rings. The Morgan fingerprint density at radius 1 is 1.08 bits per heavy atom. The number of hydrogen-bond acceptors (Lipinski definition) is 4. The monoisotopic (exact) mass is 369 g/mol. The Morgan fingerprint density at radius 2 is 1.92 bits per heavy atom. The average Bonchev–Trinajstić information content (AvgIpc) is 2.70. The fourth-order valence-corrected chi connectivity index (χ4v) is 5.01. The summed E-state index contributed by atoms with van der Waals surface area (Å²) in [5, 5.41) is 13.9. The van der Waals surface area contributed by atoms with Crippen molar-refractivity contribution in [2.75, 3.05) is 18.9 Å². The quantitative estimate of drug-likeness (QED) is 0.816. The van der Waals surface area contributed by atoms with Gasteiger partial charge < -0.3 is 15.2 Å². The average molecular weight is 370 g/mol. The summed E-state index contributed by atoms with van der Waals surface area (Å²) >= 11 is 1.87. The Balaban J connectivity index is 1.26. The molecule has 138 valence electrons. The summed E-state index contributed by atoms with van der Waals surface area (Å²) in [4.78, 5) is 1.27. The SMILES string of the molecule is OC(CNC1CCc2ccccc2C1)COc1cccc2c1SCCC2. The molecule has 0 saturated carbocycles. The minimum absolute atomic E-state index is 0.341. The van der Waals surface area contributed by atoms with Crippen molar-refractivity contribution in [1.29, 1.82) is 0 Å². The molecule has 1 aliphatic carbocycles. The van der Waals surface area contributed by atoms with Crippen molar-refractivity contribution in [2.45, 2.75) is 49.1 Å². The van der Waals surface area contributed by atoms with E-state index >= 15 is 0 Å². The first kappa shape index (κ1) is 17.9. The van der Waals surface area contributed by atoms with Gasteiger partial charge in [-0.25, -0.2) is 0 Å². The molecule has 4 heteroatoms. The van der Waals surface area contributed by atoms with Crippen LogP contribution in [0.2, 0.25) is 0 Å². The van der Waals surface area contributed by atoms with Crippen molar-refractivity contribution >= 4 is 11.8 Å². The molecule has 0 amide bonds. The molecule has 2 unspecified atom stereocenters. The highest BCUT2D eigenvalue weighted by molar-refractivity contribution is 7.99. The number of hydrogen-bond donors (Lipinski definition) is 2. The number of benzene rings is 2. The lowest BCUT2D eigenvalue weighted by molar-refractivity contribution is 0.101. The molecule has 0 spiro atoms. The third kappa shape index (κ3) is 4.25. The van der Waals surface area contributed by atoms with Gasteiger partial charge in [-0.3, -0.25) is 0 Å². The lowest BCUT2D eigenvalue weighted by atomic mass is 9.88. The first-order valence-corrected chi connectivity index (χ1v) is 10.6. The molecule has 0 radical (unpaired) electrons. The predicted octanol–water partition coefficient (Wildman–Crippen LogP) is 3.61. The Bertz CT molecular complexity index is 749. The molecule has 2 N–H and O–H groups in total. The normalized spacial score (nSPS) is 20.1. The van der Waals surface area contributed by atoms with E-state index in [2.05, 4.69) is 41.7 Å². The van der Waals surface area contributed by atoms with Crippen molar-refractivity contribution in [3.8, 4) is 5.75 Å². The van der Waals surface area contributed by atoms with E-state index in [1.54, 1.807) is 0 Å². The van der Waals surface area contributed by atoms with Crippen molar-refractivity contribution < 1.29 is 9.84 Å². The van der Waals surface area contributed by atoms with E-state index in [0.717, 1.165) is 37.2 Å². The van der Waals surface area contributed by atoms with Gasteiger partial charge in [0.1, 0.15) is 18.5 Å². The van der Waals surface area contributed by atoms with E-state index in [4.69, 9.17) is 4.74 Å². The summed E-state index contributed by atoms with van der Waals surface area (Å²) in [6.45, 7) is 0.919. The van der Waals surface area contributed by atoms with Gasteiger partial charge in [0.05, 0.1) is 4.90 Å². The number of thioether (sulfide) groups is 1. The first-order chi connectivity index (χ1) is 12.8. The minimum Gasteiger partial charge on any atom is -0.490 e. The highest BCUT2D eigenvalue weighted by atomic mass is 32.2. The number of aliphatic hydroxyl groups is 1. The maximum atomic E-state index is 10.3. The van der Waals surface area contributed by atoms with Crippen LogP contribution in [0.4, 0.5) is 0 Å². The zero-order valence-corrected chi connectivity index (χ0v) is 15.9. The topological polar surface area (TPSA) is 41.5 Å². The third-order valence-electron chi connectivity index (χ3n) is 5.32. The number of aliphatic hydroxyl groups excluding tert-OH is 1. The summed E-state index contributed by atoms with van der Waals surface area (Å²) < 4.78 is 5.95. The van der Waals surface area contributed by atoms with E-state index in [-0.39, 0.29) is 0 Å². The summed E-state index contributed by atoms with van der Waals surface area (Å²) in [5.74, 6) is 2.08. The van der Waals surface area contributed by atoms with E-state index in [1.165, 1.54) is 28.0 Å². The van der Waals surface area contributed by atoms with Crippen LogP contribution in [-0.2, 0) is 19.3 Å². The summed E-state index contributed by atoms with van der Waals surface area (Å²) in [7, 11) is 0. The number of rotatable bonds is 6. The molecule has 0 aromatic heterocycles. The van der Waals surface area contributed by atoms with Crippen LogP contribution in [-0.4, -0.2) is 36.2 Å². The number of ether oxygens (including phenoxy) is 1. The molecule has 0 bridgehead atoms. The smallest absolute Gasteiger partial charge is 0.133 e. The van der Waals surface area contributed by atoms with Crippen LogP contribution in [0.15, 0.2) is 47.4 Å². The lowest BCUT2D eigenvalue weighted by Crippen LogP contribution is -2.40. The van der Waals surface area contributed by atoms with Crippen LogP contribution in [0, 0.1) is 0 Å². The summed E-state index contributed by atoms with van der Waals surface area (Å²) in [6, 6.07) is 15.4.